The minimum Gasteiger partial charge on any atom is -0.493 e. The largest absolute Gasteiger partial charge is 0.493 e. The van der Waals surface area contributed by atoms with Crippen molar-refractivity contribution in [1.82, 2.24) is 15.2 Å². The first-order valence-electron chi connectivity index (χ1n) is 11.7. The Morgan fingerprint density at radius 2 is 1.76 bits per heavy atom. The van der Waals surface area contributed by atoms with Crippen molar-refractivity contribution in [2.75, 3.05) is 21.3 Å². The molecule has 1 aromatic heterocycles. The molecular formula is C25H35N3O4S. The van der Waals surface area contributed by atoms with Gasteiger partial charge in [-0.05, 0) is 43.7 Å². The second-order valence-corrected chi connectivity index (χ2v) is 10.4. The van der Waals surface area contributed by atoms with Gasteiger partial charge in [0.1, 0.15) is 5.01 Å². The normalized spacial score (nSPS) is 22.8. The third-order valence-corrected chi connectivity index (χ3v) is 8.13. The van der Waals surface area contributed by atoms with E-state index in [0.29, 0.717) is 40.8 Å². The molecule has 4 rings (SSSR count). The van der Waals surface area contributed by atoms with Crippen molar-refractivity contribution in [1.29, 1.82) is 0 Å². The van der Waals surface area contributed by atoms with E-state index in [0.717, 1.165) is 19.4 Å². The number of hydrogen-bond acceptors (Lipinski definition) is 7. The number of nitrogens with one attached hydrogen (secondary N) is 1. The minimum atomic E-state index is -0.104. The van der Waals surface area contributed by atoms with Crippen molar-refractivity contribution in [3.8, 4) is 17.2 Å². The highest BCUT2D eigenvalue weighted by Crippen LogP contribution is 2.39. The van der Waals surface area contributed by atoms with Gasteiger partial charge in [-0.15, -0.1) is 11.3 Å². The average molecular weight is 474 g/mol. The molecule has 33 heavy (non-hydrogen) atoms. The predicted octanol–water partition coefficient (Wildman–Crippen LogP) is 4.61. The van der Waals surface area contributed by atoms with Gasteiger partial charge in [-0.1, -0.05) is 20.3 Å². The zero-order valence-corrected chi connectivity index (χ0v) is 21.0. The molecule has 0 radical (unpaired) electrons. The number of carbonyl (C=O) groups is 1. The summed E-state index contributed by atoms with van der Waals surface area (Å²) in [6, 6.07) is 4.54. The standard InChI is InChI=1S/C25H35N3O4S/c1-15(2)22-13-26-23(33-22)14-28-18-7-6-8-19(28)12-17(11-18)27-25(29)16-9-20(30-3)24(32-5)21(10-16)31-4/h9-10,13,15,17-19H,6-8,11-12,14H2,1-5H3,(H,27,29). The molecule has 3 heterocycles. The summed E-state index contributed by atoms with van der Waals surface area (Å²) in [6.45, 7) is 5.35. The molecule has 2 unspecified atom stereocenters. The Bertz CT molecular complexity index is 937. The van der Waals surface area contributed by atoms with Crippen LogP contribution in [0.3, 0.4) is 0 Å². The van der Waals surface area contributed by atoms with Crippen LogP contribution in [0.15, 0.2) is 18.3 Å². The number of piperidine rings is 2. The Balaban J connectivity index is 1.44. The van der Waals surface area contributed by atoms with Crippen molar-refractivity contribution in [3.63, 3.8) is 0 Å². The van der Waals surface area contributed by atoms with Gasteiger partial charge >= 0.3 is 0 Å². The molecule has 2 atom stereocenters. The number of aromatic nitrogens is 1. The number of ether oxygens (including phenoxy) is 3. The van der Waals surface area contributed by atoms with E-state index < -0.39 is 0 Å². The molecule has 2 fully saturated rings. The molecule has 1 aromatic carbocycles. The number of amides is 1. The first-order chi connectivity index (χ1) is 15.9. The monoisotopic (exact) mass is 473 g/mol. The second-order valence-electron chi connectivity index (χ2n) is 9.28. The van der Waals surface area contributed by atoms with Gasteiger partial charge in [-0.2, -0.15) is 0 Å². The highest BCUT2D eigenvalue weighted by atomic mass is 32.1. The zero-order valence-electron chi connectivity index (χ0n) is 20.2. The Morgan fingerprint density at radius 1 is 1.12 bits per heavy atom. The molecule has 180 valence electrons. The van der Waals surface area contributed by atoms with Crippen LogP contribution < -0.4 is 19.5 Å². The third kappa shape index (κ3) is 5.11. The molecule has 8 heteroatoms. The van der Waals surface area contributed by atoms with Crippen LogP contribution in [0.4, 0.5) is 0 Å². The van der Waals surface area contributed by atoms with Crippen LogP contribution in [0.5, 0.6) is 17.2 Å². The van der Waals surface area contributed by atoms with Gasteiger partial charge in [0.15, 0.2) is 11.5 Å². The Kier molecular flexibility index (Phi) is 7.44. The maximum absolute atomic E-state index is 13.1. The van der Waals surface area contributed by atoms with Crippen LogP contribution in [0, 0.1) is 0 Å². The van der Waals surface area contributed by atoms with E-state index in [4.69, 9.17) is 14.2 Å². The summed E-state index contributed by atoms with van der Waals surface area (Å²) in [6.07, 6.45) is 7.58. The fourth-order valence-electron chi connectivity index (χ4n) is 5.16. The molecule has 2 aliphatic heterocycles. The van der Waals surface area contributed by atoms with E-state index in [9.17, 15) is 4.79 Å². The van der Waals surface area contributed by atoms with Crippen molar-refractivity contribution in [2.24, 2.45) is 0 Å². The number of carbonyl (C=O) groups excluding carboxylic acids is 1. The summed E-state index contributed by atoms with van der Waals surface area (Å²) in [5.74, 6) is 1.87. The average Bonchev–Trinajstić information content (AvgIpc) is 3.27. The first-order valence-corrected chi connectivity index (χ1v) is 12.6. The van der Waals surface area contributed by atoms with Crippen LogP contribution in [0.1, 0.15) is 72.1 Å². The van der Waals surface area contributed by atoms with Crippen LogP contribution >= 0.6 is 11.3 Å². The van der Waals surface area contributed by atoms with Gasteiger partial charge in [0.25, 0.3) is 5.91 Å². The molecule has 2 bridgehead atoms. The van der Waals surface area contributed by atoms with E-state index in [1.54, 1.807) is 33.5 Å². The smallest absolute Gasteiger partial charge is 0.251 e. The summed E-state index contributed by atoms with van der Waals surface area (Å²) in [7, 11) is 4.67. The lowest BCUT2D eigenvalue weighted by Gasteiger charge is -2.48. The maximum Gasteiger partial charge on any atom is 0.251 e. The summed E-state index contributed by atoms with van der Waals surface area (Å²) < 4.78 is 16.2. The molecule has 0 aliphatic carbocycles. The Morgan fingerprint density at radius 3 is 2.27 bits per heavy atom. The highest BCUT2D eigenvalue weighted by Gasteiger charge is 2.39. The lowest BCUT2D eigenvalue weighted by molar-refractivity contribution is 0.0176. The number of thiazole rings is 1. The van der Waals surface area contributed by atoms with E-state index in [2.05, 4.69) is 29.0 Å². The van der Waals surface area contributed by atoms with Crippen LogP contribution in [-0.2, 0) is 6.54 Å². The van der Waals surface area contributed by atoms with Gasteiger partial charge in [0.2, 0.25) is 5.75 Å². The first kappa shape index (κ1) is 23.8. The molecule has 2 saturated heterocycles. The summed E-state index contributed by atoms with van der Waals surface area (Å²) in [5.41, 5.74) is 0.515. The quantitative estimate of drug-likeness (QED) is 0.604. The number of hydrogen-bond donors (Lipinski definition) is 1. The van der Waals surface area contributed by atoms with Gasteiger partial charge in [-0.25, -0.2) is 4.98 Å². The second kappa shape index (κ2) is 10.3. The van der Waals surface area contributed by atoms with Gasteiger partial charge in [-0.3, -0.25) is 9.69 Å². The van der Waals surface area contributed by atoms with E-state index in [-0.39, 0.29) is 11.9 Å². The van der Waals surface area contributed by atoms with Gasteiger partial charge in [0, 0.05) is 34.8 Å². The summed E-state index contributed by atoms with van der Waals surface area (Å²) >= 11 is 1.84. The topological polar surface area (TPSA) is 72.9 Å². The van der Waals surface area contributed by atoms with Gasteiger partial charge < -0.3 is 19.5 Å². The summed E-state index contributed by atoms with van der Waals surface area (Å²) in [4.78, 5) is 21.8. The lowest BCUT2D eigenvalue weighted by Crippen LogP contribution is -2.56. The molecule has 2 aliphatic rings. The third-order valence-electron chi connectivity index (χ3n) is 6.85. The number of methoxy groups -OCH3 is 3. The molecular weight excluding hydrogens is 438 g/mol. The Hall–Kier alpha value is -2.32. The fraction of sp³-hybridized carbons (Fsp3) is 0.600. The summed E-state index contributed by atoms with van der Waals surface area (Å²) in [5, 5.41) is 4.48. The molecule has 0 spiro atoms. The minimum absolute atomic E-state index is 0.104. The fourth-order valence-corrected chi connectivity index (χ4v) is 6.09. The van der Waals surface area contributed by atoms with Crippen molar-refractivity contribution < 1.29 is 19.0 Å². The van der Waals surface area contributed by atoms with Crippen LogP contribution in [0.25, 0.3) is 0 Å². The van der Waals surface area contributed by atoms with E-state index in [1.807, 2.05) is 17.5 Å². The number of fused-ring (bicyclic) bond motifs is 2. The SMILES string of the molecule is COc1cc(C(=O)NC2CC3CCCC(C2)N3Cc2ncc(C(C)C)s2)cc(OC)c1OC. The molecule has 1 N–H and O–H groups in total. The molecule has 0 saturated carbocycles. The number of rotatable bonds is 8. The Labute approximate surface area is 200 Å². The van der Waals surface area contributed by atoms with Crippen molar-refractivity contribution >= 4 is 17.2 Å². The predicted molar refractivity (Wildman–Crippen MR) is 130 cm³/mol. The van der Waals surface area contributed by atoms with Gasteiger partial charge in [0.05, 0.1) is 27.9 Å². The number of benzene rings is 1. The van der Waals surface area contributed by atoms with Crippen LogP contribution in [-0.4, -0.2) is 55.2 Å². The zero-order chi connectivity index (χ0) is 23.5. The maximum atomic E-state index is 13.1. The molecule has 7 nitrogen and oxygen atoms in total. The van der Waals surface area contributed by atoms with Crippen molar-refractivity contribution in [2.45, 2.75) is 76.5 Å². The molecule has 1 amide bonds. The number of nitrogens with zero attached hydrogens (tertiary/aromatic N) is 2. The lowest BCUT2D eigenvalue weighted by atomic mass is 9.81. The molecule has 2 aromatic rings. The van der Waals surface area contributed by atoms with Crippen molar-refractivity contribution in [3.05, 3.63) is 33.8 Å². The highest BCUT2D eigenvalue weighted by molar-refractivity contribution is 7.11. The van der Waals surface area contributed by atoms with Crippen LogP contribution in [0.2, 0.25) is 0 Å². The van der Waals surface area contributed by atoms with E-state index >= 15 is 0 Å². The van der Waals surface area contributed by atoms with E-state index in [1.165, 1.54) is 29.1 Å².